The van der Waals surface area contributed by atoms with Crippen LogP contribution in [-0.2, 0) is 0 Å². The Morgan fingerprint density at radius 3 is 2.47 bits per heavy atom. The Labute approximate surface area is 99.8 Å². The predicted octanol–water partition coefficient (Wildman–Crippen LogP) is 2.80. The molecule has 86 valence electrons. The molecule has 3 nitrogen and oxygen atoms in total. The molecule has 2 rings (SSSR count). The number of carbonyl (C=O) groups excluding carboxylic acids is 1. The minimum Gasteiger partial charge on any atom is -0.423 e. The van der Waals surface area contributed by atoms with Gasteiger partial charge in [-0.05, 0) is 42.8 Å². The molecular formula is C14H13NO2. The zero-order chi connectivity index (χ0) is 12.3. The van der Waals surface area contributed by atoms with Gasteiger partial charge in [0, 0.05) is 5.69 Å². The van der Waals surface area contributed by atoms with Crippen molar-refractivity contribution in [1.82, 2.24) is 0 Å². The number of nitrogens with two attached hydrogens (primary N) is 1. The van der Waals surface area contributed by atoms with Crippen LogP contribution in [0.2, 0.25) is 0 Å². The minimum absolute atomic E-state index is 0.366. The van der Waals surface area contributed by atoms with E-state index in [0.717, 1.165) is 5.56 Å². The van der Waals surface area contributed by atoms with Gasteiger partial charge in [-0.15, -0.1) is 0 Å². The number of hydrogen-bond donors (Lipinski definition) is 1. The van der Waals surface area contributed by atoms with Gasteiger partial charge in [-0.3, -0.25) is 0 Å². The molecule has 0 amide bonds. The molecule has 0 unspecified atom stereocenters. The second kappa shape index (κ2) is 4.70. The average molecular weight is 227 g/mol. The highest BCUT2D eigenvalue weighted by atomic mass is 16.5. The van der Waals surface area contributed by atoms with Crippen molar-refractivity contribution < 1.29 is 9.53 Å². The molecule has 3 heteroatoms. The van der Waals surface area contributed by atoms with E-state index in [2.05, 4.69) is 0 Å². The van der Waals surface area contributed by atoms with Crippen molar-refractivity contribution in [2.75, 3.05) is 5.73 Å². The van der Waals surface area contributed by atoms with Gasteiger partial charge in [0.2, 0.25) is 0 Å². The van der Waals surface area contributed by atoms with Crippen molar-refractivity contribution in [2.45, 2.75) is 6.92 Å². The van der Waals surface area contributed by atoms with Gasteiger partial charge in [-0.1, -0.05) is 18.2 Å². The van der Waals surface area contributed by atoms with E-state index in [1.54, 1.807) is 42.5 Å². The van der Waals surface area contributed by atoms with Gasteiger partial charge in [0.25, 0.3) is 0 Å². The highest BCUT2D eigenvalue weighted by Crippen LogP contribution is 2.19. The summed E-state index contributed by atoms with van der Waals surface area (Å²) in [5.41, 5.74) is 7.80. The molecular weight excluding hydrogens is 214 g/mol. The van der Waals surface area contributed by atoms with Crippen LogP contribution in [0.25, 0.3) is 0 Å². The van der Waals surface area contributed by atoms with Crippen molar-refractivity contribution in [3.63, 3.8) is 0 Å². The molecule has 2 N–H and O–H groups in total. The molecule has 0 fully saturated rings. The second-order valence-electron chi connectivity index (χ2n) is 3.77. The van der Waals surface area contributed by atoms with Gasteiger partial charge in [0.15, 0.2) is 0 Å². The minimum atomic E-state index is -0.366. The summed E-state index contributed by atoms with van der Waals surface area (Å²) in [4.78, 5) is 11.8. The maximum absolute atomic E-state index is 11.8. The molecule has 0 bridgehead atoms. The van der Waals surface area contributed by atoms with Crippen molar-refractivity contribution >= 4 is 11.7 Å². The number of ether oxygens (including phenoxy) is 1. The van der Waals surface area contributed by atoms with Crippen LogP contribution in [0.4, 0.5) is 5.69 Å². The smallest absolute Gasteiger partial charge is 0.343 e. The fourth-order valence-corrected chi connectivity index (χ4v) is 1.45. The lowest BCUT2D eigenvalue weighted by molar-refractivity contribution is 0.0735. The van der Waals surface area contributed by atoms with Gasteiger partial charge in [-0.25, -0.2) is 4.79 Å². The van der Waals surface area contributed by atoms with E-state index >= 15 is 0 Å². The van der Waals surface area contributed by atoms with Crippen molar-refractivity contribution in [2.24, 2.45) is 0 Å². The maximum atomic E-state index is 11.8. The molecule has 0 atom stereocenters. The van der Waals surface area contributed by atoms with Gasteiger partial charge in [0.05, 0.1) is 5.56 Å². The predicted molar refractivity (Wildman–Crippen MR) is 67.0 cm³/mol. The summed E-state index contributed by atoms with van der Waals surface area (Å²) in [6.45, 7) is 1.87. The number of hydrogen-bond acceptors (Lipinski definition) is 3. The highest BCUT2D eigenvalue weighted by Gasteiger charge is 2.07. The first kappa shape index (κ1) is 11.2. The molecule has 17 heavy (non-hydrogen) atoms. The number of anilines is 1. The Hall–Kier alpha value is -2.29. The third-order valence-electron chi connectivity index (χ3n) is 2.46. The Morgan fingerprint density at radius 1 is 1.12 bits per heavy atom. The third-order valence-corrected chi connectivity index (χ3v) is 2.46. The lowest BCUT2D eigenvalue weighted by Crippen LogP contribution is -2.08. The Balaban J connectivity index is 2.16. The van der Waals surface area contributed by atoms with Crippen molar-refractivity contribution in [1.29, 1.82) is 0 Å². The molecule has 0 aromatic heterocycles. The third kappa shape index (κ3) is 2.64. The van der Waals surface area contributed by atoms with E-state index in [-0.39, 0.29) is 5.97 Å². The first-order chi connectivity index (χ1) is 8.16. The lowest BCUT2D eigenvalue weighted by Gasteiger charge is -2.06. The summed E-state index contributed by atoms with van der Waals surface area (Å²) in [7, 11) is 0. The zero-order valence-corrected chi connectivity index (χ0v) is 9.51. The highest BCUT2D eigenvalue weighted by molar-refractivity contribution is 5.91. The number of rotatable bonds is 2. The van der Waals surface area contributed by atoms with Crippen LogP contribution >= 0.6 is 0 Å². The summed E-state index contributed by atoms with van der Waals surface area (Å²) in [5, 5.41) is 0. The second-order valence-corrected chi connectivity index (χ2v) is 3.77. The summed E-state index contributed by atoms with van der Waals surface area (Å²) in [5.74, 6) is 0.139. The maximum Gasteiger partial charge on any atom is 0.343 e. The molecule has 0 spiro atoms. The van der Waals surface area contributed by atoms with E-state index in [1.165, 1.54) is 0 Å². The number of carbonyl (C=O) groups is 1. The first-order valence-electron chi connectivity index (χ1n) is 5.30. The molecule has 0 radical (unpaired) electrons. The van der Waals surface area contributed by atoms with Crippen LogP contribution in [-0.4, -0.2) is 5.97 Å². The van der Waals surface area contributed by atoms with Crippen LogP contribution in [0, 0.1) is 6.92 Å². The fourth-order valence-electron chi connectivity index (χ4n) is 1.45. The summed E-state index contributed by atoms with van der Waals surface area (Å²) >= 11 is 0. The number of benzene rings is 2. The summed E-state index contributed by atoms with van der Waals surface area (Å²) < 4.78 is 5.24. The number of esters is 1. The quantitative estimate of drug-likeness (QED) is 0.487. The molecule has 0 saturated carbocycles. The summed E-state index contributed by atoms with van der Waals surface area (Å²) in [6, 6.07) is 14.0. The largest absolute Gasteiger partial charge is 0.423 e. The molecule has 0 heterocycles. The Morgan fingerprint density at radius 2 is 1.82 bits per heavy atom. The molecule has 2 aromatic carbocycles. The fraction of sp³-hybridized carbons (Fsp3) is 0.0714. The molecule has 0 aliphatic rings. The van der Waals surface area contributed by atoms with E-state index in [9.17, 15) is 4.79 Å². The Bertz CT molecular complexity index is 535. The van der Waals surface area contributed by atoms with Crippen molar-refractivity contribution in [3.05, 3.63) is 59.7 Å². The van der Waals surface area contributed by atoms with Crippen LogP contribution in [0.1, 0.15) is 15.9 Å². The zero-order valence-electron chi connectivity index (χ0n) is 9.51. The molecule has 0 aliphatic carbocycles. The first-order valence-corrected chi connectivity index (χ1v) is 5.30. The van der Waals surface area contributed by atoms with Gasteiger partial charge < -0.3 is 10.5 Å². The normalized spacial score (nSPS) is 9.94. The Kier molecular flexibility index (Phi) is 3.10. The van der Waals surface area contributed by atoms with E-state index < -0.39 is 0 Å². The number of aryl methyl sites for hydroxylation is 1. The summed E-state index contributed by atoms with van der Waals surface area (Å²) in [6.07, 6.45) is 0. The van der Waals surface area contributed by atoms with E-state index in [0.29, 0.717) is 17.0 Å². The number of nitrogen functional groups attached to an aromatic ring is 1. The topological polar surface area (TPSA) is 52.3 Å². The molecule has 0 aliphatic heterocycles. The van der Waals surface area contributed by atoms with E-state index in [1.807, 2.05) is 13.0 Å². The van der Waals surface area contributed by atoms with Crippen LogP contribution in [0.3, 0.4) is 0 Å². The monoisotopic (exact) mass is 227 g/mol. The van der Waals surface area contributed by atoms with Gasteiger partial charge in [0.1, 0.15) is 5.75 Å². The van der Waals surface area contributed by atoms with Crippen LogP contribution in [0.5, 0.6) is 5.75 Å². The average Bonchev–Trinajstić information content (AvgIpc) is 2.35. The van der Waals surface area contributed by atoms with Crippen LogP contribution in [0.15, 0.2) is 48.5 Å². The van der Waals surface area contributed by atoms with Crippen LogP contribution < -0.4 is 10.5 Å². The lowest BCUT2D eigenvalue weighted by atomic mass is 10.2. The van der Waals surface area contributed by atoms with Gasteiger partial charge >= 0.3 is 5.97 Å². The van der Waals surface area contributed by atoms with Crippen molar-refractivity contribution in [3.8, 4) is 5.75 Å². The SMILES string of the molecule is Cc1cc(OC(=O)c2ccccc2)ccc1N. The molecule has 0 saturated heterocycles. The van der Waals surface area contributed by atoms with Gasteiger partial charge in [-0.2, -0.15) is 0 Å². The molecule has 2 aromatic rings. The van der Waals surface area contributed by atoms with E-state index in [4.69, 9.17) is 10.5 Å². The standard InChI is InChI=1S/C14H13NO2/c1-10-9-12(7-8-13(10)15)17-14(16)11-5-3-2-4-6-11/h2-9H,15H2,1H3.